The van der Waals surface area contributed by atoms with Crippen LogP contribution in [0, 0.1) is 0 Å². The SMILES string of the molecule is CCCCCCCCCCCCOc1ccc(/N=N/c2ccc(OCCO)cc2)cc1. The van der Waals surface area contributed by atoms with Crippen LogP contribution < -0.4 is 9.47 Å². The molecule has 1 N–H and O–H groups in total. The number of nitrogens with zero attached hydrogens (tertiary/aromatic N) is 2. The van der Waals surface area contributed by atoms with Crippen LogP contribution in [0.25, 0.3) is 0 Å². The molecule has 0 radical (unpaired) electrons. The average molecular weight is 427 g/mol. The molecule has 31 heavy (non-hydrogen) atoms. The Morgan fingerprint density at radius 3 is 1.45 bits per heavy atom. The Bertz CT molecular complexity index is 714. The van der Waals surface area contributed by atoms with E-state index in [0.29, 0.717) is 5.75 Å². The zero-order valence-corrected chi connectivity index (χ0v) is 19.0. The van der Waals surface area contributed by atoms with E-state index in [0.717, 1.165) is 30.2 Å². The monoisotopic (exact) mass is 426 g/mol. The van der Waals surface area contributed by atoms with Crippen molar-refractivity contribution < 1.29 is 14.6 Å². The summed E-state index contributed by atoms with van der Waals surface area (Å²) in [4.78, 5) is 0. The lowest BCUT2D eigenvalue weighted by Gasteiger charge is -2.06. The molecule has 0 aliphatic heterocycles. The van der Waals surface area contributed by atoms with E-state index >= 15 is 0 Å². The van der Waals surface area contributed by atoms with Crippen molar-refractivity contribution in [3.8, 4) is 11.5 Å². The number of hydrogen-bond donors (Lipinski definition) is 1. The Balaban J connectivity index is 1.57. The van der Waals surface area contributed by atoms with Gasteiger partial charge in [-0.2, -0.15) is 10.2 Å². The number of aliphatic hydroxyl groups excluding tert-OH is 1. The van der Waals surface area contributed by atoms with E-state index < -0.39 is 0 Å². The smallest absolute Gasteiger partial charge is 0.119 e. The van der Waals surface area contributed by atoms with Crippen molar-refractivity contribution in [1.29, 1.82) is 0 Å². The minimum absolute atomic E-state index is 0.000420. The summed E-state index contributed by atoms with van der Waals surface area (Å²) in [7, 11) is 0. The van der Waals surface area contributed by atoms with Gasteiger partial charge in [0.1, 0.15) is 18.1 Å². The van der Waals surface area contributed by atoms with Crippen LogP contribution in [0.15, 0.2) is 58.8 Å². The Morgan fingerprint density at radius 2 is 1.00 bits per heavy atom. The average Bonchev–Trinajstić information content (AvgIpc) is 2.81. The molecular formula is C26H38N2O3. The number of unbranched alkanes of at least 4 members (excludes halogenated alkanes) is 9. The van der Waals surface area contributed by atoms with Gasteiger partial charge in [0.15, 0.2) is 0 Å². The number of rotatable bonds is 17. The van der Waals surface area contributed by atoms with Crippen LogP contribution in [0.1, 0.15) is 71.1 Å². The molecule has 0 fully saturated rings. The third-order valence-electron chi connectivity index (χ3n) is 5.08. The number of ether oxygens (including phenoxy) is 2. The van der Waals surface area contributed by atoms with Gasteiger partial charge in [-0.3, -0.25) is 0 Å². The van der Waals surface area contributed by atoms with Crippen molar-refractivity contribution in [2.24, 2.45) is 10.2 Å². The second-order valence-corrected chi connectivity index (χ2v) is 7.79. The van der Waals surface area contributed by atoms with Crippen LogP contribution in [0.4, 0.5) is 11.4 Å². The molecular weight excluding hydrogens is 388 g/mol. The molecule has 0 unspecified atom stereocenters. The maximum absolute atomic E-state index is 8.77. The molecule has 0 atom stereocenters. The van der Waals surface area contributed by atoms with Gasteiger partial charge >= 0.3 is 0 Å². The topological polar surface area (TPSA) is 63.4 Å². The van der Waals surface area contributed by atoms with Gasteiger partial charge < -0.3 is 14.6 Å². The fraction of sp³-hybridized carbons (Fsp3) is 0.538. The van der Waals surface area contributed by atoms with Crippen LogP contribution in [-0.4, -0.2) is 24.9 Å². The van der Waals surface area contributed by atoms with Crippen molar-refractivity contribution in [2.75, 3.05) is 19.8 Å². The van der Waals surface area contributed by atoms with E-state index in [-0.39, 0.29) is 13.2 Å². The third kappa shape index (κ3) is 11.5. The van der Waals surface area contributed by atoms with Gasteiger partial charge in [-0.1, -0.05) is 64.7 Å². The van der Waals surface area contributed by atoms with Gasteiger partial charge in [-0.15, -0.1) is 0 Å². The molecule has 0 amide bonds. The Labute approximate surface area is 187 Å². The second kappa shape index (κ2) is 16.3. The molecule has 0 saturated heterocycles. The lowest BCUT2D eigenvalue weighted by atomic mass is 10.1. The van der Waals surface area contributed by atoms with Gasteiger partial charge in [-0.25, -0.2) is 0 Å². The van der Waals surface area contributed by atoms with Crippen LogP contribution in [0.3, 0.4) is 0 Å². The number of azo groups is 1. The molecule has 5 nitrogen and oxygen atoms in total. The van der Waals surface area contributed by atoms with E-state index in [1.54, 1.807) is 0 Å². The highest BCUT2D eigenvalue weighted by molar-refractivity contribution is 5.44. The zero-order chi connectivity index (χ0) is 22.0. The fourth-order valence-electron chi connectivity index (χ4n) is 3.28. The summed E-state index contributed by atoms with van der Waals surface area (Å²) in [6.07, 6.45) is 13.3. The number of benzene rings is 2. The highest BCUT2D eigenvalue weighted by atomic mass is 16.5. The van der Waals surface area contributed by atoms with E-state index in [1.165, 1.54) is 57.8 Å². The third-order valence-corrected chi connectivity index (χ3v) is 5.08. The molecule has 0 heterocycles. The zero-order valence-electron chi connectivity index (χ0n) is 19.0. The van der Waals surface area contributed by atoms with Crippen molar-refractivity contribution in [2.45, 2.75) is 71.1 Å². The lowest BCUT2D eigenvalue weighted by Crippen LogP contribution is -2.00. The van der Waals surface area contributed by atoms with E-state index in [4.69, 9.17) is 14.6 Å². The van der Waals surface area contributed by atoms with Crippen molar-refractivity contribution in [3.63, 3.8) is 0 Å². The first kappa shape index (κ1) is 24.9. The van der Waals surface area contributed by atoms with Crippen molar-refractivity contribution in [1.82, 2.24) is 0 Å². The summed E-state index contributed by atoms with van der Waals surface area (Å²) < 4.78 is 11.2. The number of aliphatic hydroxyl groups is 1. The fourth-order valence-corrected chi connectivity index (χ4v) is 3.28. The minimum Gasteiger partial charge on any atom is -0.494 e. The summed E-state index contributed by atoms with van der Waals surface area (Å²) in [5.74, 6) is 1.58. The molecule has 0 aliphatic rings. The highest BCUT2D eigenvalue weighted by Gasteiger charge is 1.98. The van der Waals surface area contributed by atoms with Gasteiger partial charge in [-0.05, 0) is 55.0 Å². The van der Waals surface area contributed by atoms with Gasteiger partial charge in [0.05, 0.1) is 24.6 Å². The maximum atomic E-state index is 8.77. The molecule has 0 saturated carbocycles. The van der Waals surface area contributed by atoms with Gasteiger partial charge in [0, 0.05) is 0 Å². The molecule has 170 valence electrons. The standard InChI is InChI=1S/C26H38N2O3/c1-2-3-4-5-6-7-8-9-10-11-21-30-25-16-12-23(13-17-25)27-28-24-14-18-26(19-15-24)31-22-20-29/h12-19,29H,2-11,20-22H2,1H3/b28-27+. The van der Waals surface area contributed by atoms with Gasteiger partial charge in [0.25, 0.3) is 0 Å². The summed E-state index contributed by atoms with van der Waals surface area (Å²) in [6.45, 7) is 3.32. The van der Waals surface area contributed by atoms with Gasteiger partial charge in [0.2, 0.25) is 0 Å². The predicted octanol–water partition coefficient (Wildman–Crippen LogP) is 7.77. The molecule has 0 spiro atoms. The normalized spacial score (nSPS) is 11.2. The van der Waals surface area contributed by atoms with E-state index in [2.05, 4.69) is 17.2 Å². The molecule has 5 heteroatoms. The van der Waals surface area contributed by atoms with Crippen LogP contribution in [0.2, 0.25) is 0 Å². The minimum atomic E-state index is 0.000420. The number of hydrogen-bond acceptors (Lipinski definition) is 5. The Morgan fingerprint density at radius 1 is 0.581 bits per heavy atom. The summed E-state index contributed by atoms with van der Waals surface area (Å²) in [6, 6.07) is 15.0. The molecule has 2 aromatic rings. The summed E-state index contributed by atoms with van der Waals surface area (Å²) >= 11 is 0. The summed E-state index contributed by atoms with van der Waals surface area (Å²) in [5.41, 5.74) is 1.53. The first-order valence-electron chi connectivity index (χ1n) is 11.8. The van der Waals surface area contributed by atoms with Crippen LogP contribution in [0.5, 0.6) is 11.5 Å². The van der Waals surface area contributed by atoms with Crippen LogP contribution in [-0.2, 0) is 0 Å². The maximum Gasteiger partial charge on any atom is 0.119 e. The van der Waals surface area contributed by atoms with E-state index in [1.807, 2.05) is 48.5 Å². The predicted molar refractivity (Wildman–Crippen MR) is 127 cm³/mol. The van der Waals surface area contributed by atoms with Crippen molar-refractivity contribution in [3.05, 3.63) is 48.5 Å². The van der Waals surface area contributed by atoms with Crippen LogP contribution >= 0.6 is 0 Å². The first-order chi connectivity index (χ1) is 15.3. The molecule has 2 aromatic carbocycles. The summed E-state index contributed by atoms with van der Waals surface area (Å²) in [5, 5.41) is 17.3. The van der Waals surface area contributed by atoms with E-state index in [9.17, 15) is 0 Å². The van der Waals surface area contributed by atoms with Crippen molar-refractivity contribution >= 4 is 11.4 Å². The molecule has 0 bridgehead atoms. The molecule has 2 rings (SSSR count). The highest BCUT2D eigenvalue weighted by Crippen LogP contribution is 2.23. The Kier molecular flexibility index (Phi) is 13.1. The first-order valence-corrected chi connectivity index (χ1v) is 11.8. The quantitative estimate of drug-likeness (QED) is 0.207. The lowest BCUT2D eigenvalue weighted by molar-refractivity contribution is 0.201. The molecule has 0 aromatic heterocycles. The molecule has 0 aliphatic carbocycles. The Hall–Kier alpha value is -2.40. The largest absolute Gasteiger partial charge is 0.494 e. The second-order valence-electron chi connectivity index (χ2n) is 7.79.